The highest BCUT2D eigenvalue weighted by atomic mass is 32.2. The second-order valence-electron chi connectivity index (χ2n) is 2.74. The van der Waals surface area contributed by atoms with Crippen LogP contribution in [0, 0.1) is 0 Å². The summed E-state index contributed by atoms with van der Waals surface area (Å²) in [6.45, 7) is 4.33. The van der Waals surface area contributed by atoms with E-state index in [4.69, 9.17) is 0 Å². The van der Waals surface area contributed by atoms with Gasteiger partial charge in [0.15, 0.2) is 0 Å². The van der Waals surface area contributed by atoms with Gasteiger partial charge < -0.3 is 5.32 Å². The van der Waals surface area contributed by atoms with Crippen molar-refractivity contribution in [3.8, 4) is 0 Å². The highest BCUT2D eigenvalue weighted by Crippen LogP contribution is 1.93. The molecule has 0 spiro atoms. The van der Waals surface area contributed by atoms with Crippen LogP contribution in [0.5, 0.6) is 0 Å². The highest BCUT2D eigenvalue weighted by Gasteiger charge is 2.13. The molecule has 5 nitrogen and oxygen atoms in total. The molecule has 0 aliphatic heterocycles. The molecule has 0 bridgehead atoms. The van der Waals surface area contributed by atoms with Crippen molar-refractivity contribution >= 4 is 10.2 Å². The molecular formula is C7H19N3O2S. The summed E-state index contributed by atoms with van der Waals surface area (Å²) in [5, 5.41) is 3.13. The predicted octanol–water partition coefficient (Wildman–Crippen LogP) is -0.618. The normalized spacial score (nSPS) is 12.3. The quantitative estimate of drug-likeness (QED) is 0.549. The van der Waals surface area contributed by atoms with Gasteiger partial charge in [-0.25, -0.2) is 4.72 Å². The Morgan fingerprint density at radius 3 is 2.46 bits per heavy atom. The second kappa shape index (κ2) is 6.31. The smallest absolute Gasteiger partial charge is 0.278 e. The zero-order chi connectivity index (χ0) is 10.3. The highest BCUT2D eigenvalue weighted by molar-refractivity contribution is 7.87. The van der Waals surface area contributed by atoms with E-state index in [1.54, 1.807) is 7.05 Å². The van der Waals surface area contributed by atoms with Gasteiger partial charge in [-0.15, -0.1) is 0 Å². The van der Waals surface area contributed by atoms with E-state index in [1.807, 2.05) is 6.92 Å². The lowest BCUT2D eigenvalue weighted by molar-refractivity contribution is 0.449. The Morgan fingerprint density at radius 1 is 1.38 bits per heavy atom. The molecule has 0 saturated carbocycles. The van der Waals surface area contributed by atoms with Crippen LogP contribution in [0.25, 0.3) is 0 Å². The first-order valence-corrected chi connectivity index (χ1v) is 5.84. The lowest BCUT2D eigenvalue weighted by Crippen LogP contribution is -2.37. The van der Waals surface area contributed by atoms with E-state index in [0.717, 1.165) is 19.5 Å². The first-order valence-electron chi connectivity index (χ1n) is 4.40. The Morgan fingerprint density at radius 2 is 2.00 bits per heavy atom. The standard InChI is InChI=1S/C7H19N3O2S/c1-4-9-6-5-7-10(3)13(11,12)8-2/h8-9H,4-7H2,1-3H3. The summed E-state index contributed by atoms with van der Waals surface area (Å²) in [6, 6.07) is 0. The van der Waals surface area contributed by atoms with Crippen LogP contribution >= 0.6 is 0 Å². The van der Waals surface area contributed by atoms with Crippen molar-refractivity contribution in [2.24, 2.45) is 0 Å². The zero-order valence-electron chi connectivity index (χ0n) is 8.50. The largest absolute Gasteiger partial charge is 0.317 e. The van der Waals surface area contributed by atoms with Crippen LogP contribution < -0.4 is 10.0 Å². The third kappa shape index (κ3) is 5.20. The minimum absolute atomic E-state index is 0.538. The van der Waals surface area contributed by atoms with Gasteiger partial charge >= 0.3 is 0 Å². The van der Waals surface area contributed by atoms with Crippen LogP contribution in [0.2, 0.25) is 0 Å². The molecule has 0 rings (SSSR count). The molecule has 2 N–H and O–H groups in total. The predicted molar refractivity (Wildman–Crippen MR) is 53.8 cm³/mol. The van der Waals surface area contributed by atoms with Gasteiger partial charge in [0.2, 0.25) is 0 Å². The molecule has 0 fully saturated rings. The molecule has 0 saturated heterocycles. The van der Waals surface area contributed by atoms with E-state index in [9.17, 15) is 8.42 Å². The van der Waals surface area contributed by atoms with Gasteiger partial charge in [-0.1, -0.05) is 6.92 Å². The van der Waals surface area contributed by atoms with E-state index in [-0.39, 0.29) is 0 Å². The van der Waals surface area contributed by atoms with E-state index < -0.39 is 10.2 Å². The van der Waals surface area contributed by atoms with E-state index in [1.165, 1.54) is 11.4 Å². The molecule has 0 aromatic rings. The molecule has 0 aliphatic carbocycles. The Hall–Kier alpha value is -0.170. The van der Waals surface area contributed by atoms with Gasteiger partial charge in [-0.2, -0.15) is 12.7 Å². The van der Waals surface area contributed by atoms with Crippen molar-refractivity contribution in [1.82, 2.24) is 14.3 Å². The van der Waals surface area contributed by atoms with Gasteiger partial charge in [-0.3, -0.25) is 0 Å². The maximum atomic E-state index is 11.2. The first kappa shape index (κ1) is 12.8. The van der Waals surface area contributed by atoms with Gasteiger partial charge in [0.25, 0.3) is 10.2 Å². The third-order valence-electron chi connectivity index (χ3n) is 1.74. The lowest BCUT2D eigenvalue weighted by atomic mass is 10.4. The molecule has 0 radical (unpaired) electrons. The molecule has 0 aromatic heterocycles. The third-order valence-corrected chi connectivity index (χ3v) is 3.26. The average molecular weight is 209 g/mol. The molecule has 80 valence electrons. The fraction of sp³-hybridized carbons (Fsp3) is 1.00. The molecule has 6 heteroatoms. The number of rotatable bonds is 7. The fourth-order valence-corrected chi connectivity index (χ4v) is 1.56. The van der Waals surface area contributed by atoms with Gasteiger partial charge in [0, 0.05) is 20.6 Å². The van der Waals surface area contributed by atoms with Crippen molar-refractivity contribution in [3.05, 3.63) is 0 Å². The van der Waals surface area contributed by atoms with E-state index >= 15 is 0 Å². The first-order chi connectivity index (χ1) is 6.04. The summed E-state index contributed by atoms with van der Waals surface area (Å²) in [6.07, 6.45) is 0.825. The maximum Gasteiger partial charge on any atom is 0.278 e. The number of hydrogen-bond acceptors (Lipinski definition) is 3. The average Bonchev–Trinajstić information content (AvgIpc) is 2.12. The zero-order valence-corrected chi connectivity index (χ0v) is 9.32. The summed E-state index contributed by atoms with van der Waals surface area (Å²) in [7, 11) is -0.250. The van der Waals surface area contributed by atoms with Gasteiger partial charge in [-0.05, 0) is 19.5 Å². The minimum Gasteiger partial charge on any atom is -0.317 e. The molecule has 0 heterocycles. The molecule has 13 heavy (non-hydrogen) atoms. The van der Waals surface area contributed by atoms with Crippen molar-refractivity contribution in [3.63, 3.8) is 0 Å². The summed E-state index contributed by atoms with van der Waals surface area (Å²) in [5.41, 5.74) is 0. The maximum absolute atomic E-state index is 11.2. The number of nitrogens with zero attached hydrogens (tertiary/aromatic N) is 1. The summed E-state index contributed by atoms with van der Waals surface area (Å²) in [5.74, 6) is 0. The SMILES string of the molecule is CCNCCCN(C)S(=O)(=O)NC. The van der Waals surface area contributed by atoms with Crippen molar-refractivity contribution in [2.45, 2.75) is 13.3 Å². The van der Waals surface area contributed by atoms with Crippen molar-refractivity contribution < 1.29 is 8.42 Å². The van der Waals surface area contributed by atoms with Crippen LogP contribution in [0.3, 0.4) is 0 Å². The van der Waals surface area contributed by atoms with Crippen LogP contribution in [-0.4, -0.2) is 46.5 Å². The van der Waals surface area contributed by atoms with Crippen LogP contribution in [0.4, 0.5) is 0 Å². The molecule has 0 amide bonds. The summed E-state index contributed by atoms with van der Waals surface area (Å²) in [4.78, 5) is 0. The van der Waals surface area contributed by atoms with Gasteiger partial charge in [0.05, 0.1) is 0 Å². The molecule has 0 aliphatic rings. The molecule has 0 aromatic carbocycles. The Labute approximate surface area is 80.7 Å². The van der Waals surface area contributed by atoms with E-state index in [2.05, 4.69) is 10.0 Å². The van der Waals surface area contributed by atoms with Crippen LogP contribution in [0.15, 0.2) is 0 Å². The van der Waals surface area contributed by atoms with Crippen LogP contribution in [-0.2, 0) is 10.2 Å². The monoisotopic (exact) mass is 209 g/mol. The van der Waals surface area contributed by atoms with Gasteiger partial charge in [0.1, 0.15) is 0 Å². The topological polar surface area (TPSA) is 61.4 Å². The minimum atomic E-state index is -3.23. The van der Waals surface area contributed by atoms with E-state index in [0.29, 0.717) is 6.54 Å². The Balaban J connectivity index is 3.69. The fourth-order valence-electron chi connectivity index (χ4n) is 0.880. The van der Waals surface area contributed by atoms with Crippen LogP contribution in [0.1, 0.15) is 13.3 Å². The number of nitrogens with one attached hydrogen (secondary N) is 2. The molecule has 0 atom stereocenters. The van der Waals surface area contributed by atoms with Crippen molar-refractivity contribution in [1.29, 1.82) is 0 Å². The second-order valence-corrected chi connectivity index (χ2v) is 4.72. The Kier molecular flexibility index (Phi) is 6.23. The number of hydrogen-bond donors (Lipinski definition) is 2. The Bertz CT molecular complexity index is 216. The molecule has 0 unspecified atom stereocenters. The molecular weight excluding hydrogens is 190 g/mol. The summed E-state index contributed by atoms with van der Waals surface area (Å²) >= 11 is 0. The summed E-state index contributed by atoms with van der Waals surface area (Å²) < 4.78 is 25.9. The van der Waals surface area contributed by atoms with Crippen molar-refractivity contribution in [2.75, 3.05) is 33.7 Å². The lowest BCUT2D eigenvalue weighted by Gasteiger charge is -2.15.